The van der Waals surface area contributed by atoms with E-state index in [1.54, 1.807) is 0 Å². The van der Waals surface area contributed by atoms with Gasteiger partial charge in [0.15, 0.2) is 0 Å². The van der Waals surface area contributed by atoms with Crippen molar-refractivity contribution in [2.24, 2.45) is 0 Å². The molecular weight excluding hydrogens is 255 g/mol. The van der Waals surface area contributed by atoms with Crippen molar-refractivity contribution in [1.29, 1.82) is 0 Å². The van der Waals surface area contributed by atoms with Gasteiger partial charge in [0.05, 0.1) is 0 Å². The van der Waals surface area contributed by atoms with Crippen LogP contribution in [0.1, 0.15) is 32.1 Å². The summed E-state index contributed by atoms with van der Waals surface area (Å²) < 4.78 is 0. The van der Waals surface area contributed by atoms with Gasteiger partial charge >= 0.3 is 59.1 Å². The maximum absolute atomic E-state index is 11.2. The second kappa shape index (κ2) is 9.44. The molecule has 0 saturated carbocycles. The van der Waals surface area contributed by atoms with Crippen molar-refractivity contribution in [2.45, 2.75) is 32.1 Å². The predicted octanol–water partition coefficient (Wildman–Crippen LogP) is -4.89. The molecule has 3 nitrogen and oxygen atoms in total. The average molecular weight is 271 g/mol. The van der Waals surface area contributed by atoms with Gasteiger partial charge in [0.25, 0.3) is 0 Å². The average Bonchev–Trinajstić information content (AvgIpc) is 2.14. The van der Waals surface area contributed by atoms with E-state index >= 15 is 0 Å². The molecule has 0 aromatic heterocycles. The number of hydrogen-bond donors (Lipinski definition) is 1. The molecule has 1 atom stereocenters. The maximum atomic E-state index is 11.2. The number of hydrogen-bond acceptors (Lipinski definition) is 3. The molecule has 0 aliphatic carbocycles. The van der Waals surface area contributed by atoms with Crippen LogP contribution in [0.15, 0.2) is 30.3 Å². The Bertz CT molecular complexity index is 304. The number of nitrogens with one attached hydrogen (secondary N) is 1. The summed E-state index contributed by atoms with van der Waals surface area (Å²) in [6.45, 7) is 5.84. The molecule has 0 bridgehead atoms. The Labute approximate surface area is 149 Å². The van der Waals surface area contributed by atoms with Crippen LogP contribution in [0.2, 0.25) is 0 Å². The molecular formula is C11H16NNa2O2P. The minimum absolute atomic E-state index is 0. The van der Waals surface area contributed by atoms with E-state index in [0.29, 0.717) is 0 Å². The molecule has 0 heterocycles. The van der Waals surface area contributed by atoms with Crippen molar-refractivity contribution < 1.29 is 68.9 Å². The third-order valence-corrected chi connectivity index (χ3v) is 2.74. The van der Waals surface area contributed by atoms with Crippen molar-refractivity contribution in [3.63, 3.8) is 0 Å². The first-order valence-corrected chi connectivity index (χ1v) is 6.11. The van der Waals surface area contributed by atoms with Crippen molar-refractivity contribution >= 4 is 8.38 Å². The van der Waals surface area contributed by atoms with Crippen molar-refractivity contribution in [3.05, 3.63) is 35.9 Å². The summed E-state index contributed by atoms with van der Waals surface area (Å²) in [6.07, 6.45) is 0. The standard InChI is InChI=1S/C11H16NO2P.2Na/c1-11(2,3)12-10(15(13)14)9-7-5-4-6-8-9;;/h4-8,10,12H,1-3H3;;/q-2;2*+1. The molecule has 17 heavy (non-hydrogen) atoms. The van der Waals surface area contributed by atoms with E-state index in [4.69, 9.17) is 0 Å². The second-order valence-corrected chi connectivity index (χ2v) is 5.58. The van der Waals surface area contributed by atoms with Crippen LogP contribution in [0.25, 0.3) is 0 Å². The molecule has 0 fully saturated rings. The van der Waals surface area contributed by atoms with Crippen molar-refractivity contribution in [3.8, 4) is 0 Å². The summed E-state index contributed by atoms with van der Waals surface area (Å²) in [7, 11) is -2.52. The van der Waals surface area contributed by atoms with E-state index in [0.717, 1.165) is 5.56 Å². The third-order valence-electron chi connectivity index (χ3n) is 1.90. The molecule has 0 spiro atoms. The molecule has 1 unspecified atom stereocenters. The van der Waals surface area contributed by atoms with Crippen LogP contribution in [0, 0.1) is 0 Å². The van der Waals surface area contributed by atoms with E-state index in [2.05, 4.69) is 5.32 Å². The number of benzene rings is 1. The van der Waals surface area contributed by atoms with Crippen LogP contribution in [0.5, 0.6) is 0 Å². The van der Waals surface area contributed by atoms with Crippen molar-refractivity contribution in [2.75, 3.05) is 0 Å². The van der Waals surface area contributed by atoms with Gasteiger partial charge in [0.2, 0.25) is 0 Å². The smallest absolute Gasteiger partial charge is 0.840 e. The SMILES string of the molecule is CC(C)(C)NC(c1ccccc1)P([O-])[O-].[Na+].[Na+]. The van der Waals surface area contributed by atoms with E-state index in [1.165, 1.54) is 0 Å². The zero-order valence-electron chi connectivity index (χ0n) is 11.2. The Hall–Kier alpha value is 1.53. The molecule has 1 rings (SSSR count). The molecule has 1 aromatic rings. The van der Waals surface area contributed by atoms with Gasteiger partial charge in [0.1, 0.15) is 0 Å². The monoisotopic (exact) mass is 271 g/mol. The molecule has 0 saturated heterocycles. The van der Waals surface area contributed by atoms with E-state index in [9.17, 15) is 9.79 Å². The molecule has 0 aliphatic heterocycles. The fourth-order valence-corrected chi connectivity index (χ4v) is 2.21. The quantitative estimate of drug-likeness (QED) is 0.443. The second-order valence-electron chi connectivity index (χ2n) is 4.49. The van der Waals surface area contributed by atoms with Crippen LogP contribution in [0.3, 0.4) is 0 Å². The Morgan fingerprint density at radius 2 is 1.53 bits per heavy atom. The summed E-state index contributed by atoms with van der Waals surface area (Å²) in [5.41, 5.74) is 0.555. The van der Waals surface area contributed by atoms with Gasteiger partial charge in [-0.3, -0.25) is 8.38 Å². The summed E-state index contributed by atoms with van der Waals surface area (Å²) in [5.74, 6) is -0.610. The summed E-state index contributed by atoms with van der Waals surface area (Å²) >= 11 is 0. The minimum atomic E-state index is -2.52. The summed E-state index contributed by atoms with van der Waals surface area (Å²) in [6, 6.07) is 9.18. The maximum Gasteiger partial charge on any atom is 1.00 e. The van der Waals surface area contributed by atoms with Gasteiger partial charge in [-0.15, -0.1) is 0 Å². The van der Waals surface area contributed by atoms with Crippen LogP contribution in [-0.2, 0) is 0 Å². The Morgan fingerprint density at radius 1 is 1.06 bits per heavy atom. The van der Waals surface area contributed by atoms with Crippen LogP contribution >= 0.6 is 8.38 Å². The molecule has 0 radical (unpaired) electrons. The van der Waals surface area contributed by atoms with Gasteiger partial charge in [0, 0.05) is 11.3 Å². The first kappa shape index (κ1) is 20.8. The van der Waals surface area contributed by atoms with Crippen LogP contribution in [-0.4, -0.2) is 5.54 Å². The Morgan fingerprint density at radius 3 is 1.88 bits per heavy atom. The minimum Gasteiger partial charge on any atom is -0.840 e. The Balaban J connectivity index is 0. The first-order valence-electron chi connectivity index (χ1n) is 4.86. The molecule has 1 aromatic carbocycles. The predicted molar refractivity (Wildman–Crippen MR) is 59.0 cm³/mol. The zero-order valence-corrected chi connectivity index (χ0v) is 16.1. The molecule has 0 aliphatic rings. The van der Waals surface area contributed by atoms with Gasteiger partial charge in [-0.25, -0.2) is 0 Å². The van der Waals surface area contributed by atoms with Crippen LogP contribution in [0.4, 0.5) is 0 Å². The van der Waals surface area contributed by atoms with Gasteiger partial charge in [-0.1, -0.05) is 30.3 Å². The molecule has 84 valence electrons. The molecule has 0 amide bonds. The Kier molecular flexibility index (Phi) is 11.6. The third kappa shape index (κ3) is 8.33. The fraction of sp³-hybridized carbons (Fsp3) is 0.455. The summed E-state index contributed by atoms with van der Waals surface area (Å²) in [5, 5.41) is 3.08. The topological polar surface area (TPSA) is 58.1 Å². The summed E-state index contributed by atoms with van der Waals surface area (Å²) in [4.78, 5) is 22.3. The normalized spacial score (nSPS) is 12.6. The first-order chi connectivity index (χ1) is 6.90. The zero-order chi connectivity index (χ0) is 11.5. The number of rotatable bonds is 3. The van der Waals surface area contributed by atoms with Gasteiger partial charge < -0.3 is 15.1 Å². The fourth-order valence-electron chi connectivity index (χ4n) is 1.30. The van der Waals surface area contributed by atoms with E-state index < -0.39 is 14.2 Å². The molecule has 1 N–H and O–H groups in total. The largest absolute Gasteiger partial charge is 1.00 e. The van der Waals surface area contributed by atoms with Gasteiger partial charge in [-0.05, 0) is 26.3 Å². The van der Waals surface area contributed by atoms with E-state index in [1.807, 2.05) is 51.1 Å². The molecule has 6 heteroatoms. The van der Waals surface area contributed by atoms with Crippen molar-refractivity contribution in [1.82, 2.24) is 5.32 Å². The van der Waals surface area contributed by atoms with E-state index in [-0.39, 0.29) is 64.7 Å². The van der Waals surface area contributed by atoms with Gasteiger partial charge in [-0.2, -0.15) is 0 Å². The van der Waals surface area contributed by atoms with Crippen LogP contribution < -0.4 is 74.2 Å².